The molecule has 6 unspecified atom stereocenters. The molecule has 3 saturated heterocycles. The summed E-state index contributed by atoms with van der Waals surface area (Å²) in [5.74, 6) is 0.269. The van der Waals surface area contributed by atoms with E-state index in [9.17, 15) is 14.4 Å². The van der Waals surface area contributed by atoms with Crippen LogP contribution in [0.15, 0.2) is 24.3 Å². The first-order chi connectivity index (χ1) is 14.8. The Hall–Kier alpha value is -1.92. The Kier molecular flexibility index (Phi) is 4.02. The van der Waals surface area contributed by atoms with E-state index in [2.05, 4.69) is 5.32 Å². The SMILES string of the molecule is CC12CC3CC1(C(=O)NC1CCCC4(CCN(c5cccc(Cl)c5)C4=O)C1)OC3C2=O. The number of ether oxygens (including phenoxy) is 1. The summed E-state index contributed by atoms with van der Waals surface area (Å²) < 4.78 is 6.02. The van der Waals surface area contributed by atoms with Gasteiger partial charge in [-0.2, -0.15) is 0 Å². The van der Waals surface area contributed by atoms with Crippen LogP contribution < -0.4 is 10.2 Å². The number of carbonyl (C=O) groups excluding carboxylic acids is 3. The van der Waals surface area contributed by atoms with Gasteiger partial charge in [0.1, 0.15) is 6.10 Å². The molecular weight excluding hydrogens is 416 g/mol. The Balaban J connectivity index is 1.19. The van der Waals surface area contributed by atoms with Crippen LogP contribution >= 0.6 is 11.6 Å². The zero-order valence-corrected chi connectivity index (χ0v) is 18.4. The zero-order chi connectivity index (χ0) is 21.6. The summed E-state index contributed by atoms with van der Waals surface area (Å²) in [6.07, 6.45) is 5.03. The minimum Gasteiger partial charge on any atom is -0.353 e. The van der Waals surface area contributed by atoms with Crippen LogP contribution in [-0.2, 0) is 19.1 Å². The van der Waals surface area contributed by atoms with E-state index in [-0.39, 0.29) is 29.6 Å². The quantitative estimate of drug-likeness (QED) is 0.779. The Morgan fingerprint density at radius 3 is 2.74 bits per heavy atom. The minimum atomic E-state index is -1.00. The van der Waals surface area contributed by atoms with E-state index in [1.807, 2.05) is 30.0 Å². The molecule has 6 nitrogen and oxygen atoms in total. The van der Waals surface area contributed by atoms with Crippen LogP contribution in [0, 0.1) is 16.7 Å². The highest BCUT2D eigenvalue weighted by molar-refractivity contribution is 6.31. The standard InChI is InChI=1S/C24H27ClN2O4/c1-22-11-14-12-24(22,31-18(14)19(22)28)20(29)26-16-5-3-7-23(13-16)8-9-27(21(23)30)17-6-2-4-15(25)10-17/h2,4,6,10,14,16,18H,3,5,7-9,11-13H2,1H3,(H,26,29). The molecule has 31 heavy (non-hydrogen) atoms. The van der Waals surface area contributed by atoms with Crippen LogP contribution in [0.4, 0.5) is 5.69 Å². The maximum absolute atomic E-state index is 13.5. The third-order valence-corrected chi connectivity index (χ3v) is 9.08. The molecule has 7 heteroatoms. The minimum absolute atomic E-state index is 0.0713. The van der Waals surface area contributed by atoms with Gasteiger partial charge >= 0.3 is 0 Å². The first kappa shape index (κ1) is 19.7. The molecule has 0 aromatic heterocycles. The van der Waals surface area contributed by atoms with Crippen molar-refractivity contribution in [3.8, 4) is 0 Å². The van der Waals surface area contributed by atoms with Crippen LogP contribution in [0.1, 0.15) is 51.9 Å². The zero-order valence-electron chi connectivity index (χ0n) is 17.7. The molecule has 1 aromatic rings. The van der Waals surface area contributed by atoms with Crippen molar-refractivity contribution in [2.45, 2.75) is 69.6 Å². The smallest absolute Gasteiger partial charge is 0.253 e. The monoisotopic (exact) mass is 442 g/mol. The average Bonchev–Trinajstić information content (AvgIpc) is 3.46. The van der Waals surface area contributed by atoms with E-state index in [0.29, 0.717) is 24.4 Å². The Bertz CT molecular complexity index is 1010. The van der Waals surface area contributed by atoms with Crippen molar-refractivity contribution in [1.29, 1.82) is 0 Å². The molecule has 7 rings (SSSR count). The van der Waals surface area contributed by atoms with E-state index in [4.69, 9.17) is 16.3 Å². The Morgan fingerprint density at radius 2 is 2.06 bits per heavy atom. The lowest BCUT2D eigenvalue weighted by molar-refractivity contribution is -0.151. The molecule has 1 spiro atoms. The number of amides is 2. The van der Waals surface area contributed by atoms with Gasteiger partial charge < -0.3 is 15.0 Å². The van der Waals surface area contributed by atoms with Crippen LogP contribution in [0.3, 0.4) is 0 Å². The number of nitrogens with one attached hydrogen (secondary N) is 1. The normalized spacial score (nSPS) is 42.9. The first-order valence-electron chi connectivity index (χ1n) is 11.4. The van der Waals surface area contributed by atoms with Gasteiger partial charge in [0.2, 0.25) is 5.91 Å². The molecular formula is C24H27ClN2O4. The van der Waals surface area contributed by atoms with Gasteiger partial charge in [-0.25, -0.2) is 0 Å². The highest BCUT2D eigenvalue weighted by Crippen LogP contribution is 2.67. The molecule has 0 radical (unpaired) electrons. The molecule has 3 aliphatic carbocycles. The van der Waals surface area contributed by atoms with Gasteiger partial charge in [0.15, 0.2) is 11.4 Å². The van der Waals surface area contributed by atoms with E-state index in [1.54, 1.807) is 6.07 Å². The second-order valence-electron chi connectivity index (χ2n) is 10.5. The first-order valence-corrected chi connectivity index (χ1v) is 11.8. The predicted molar refractivity (Wildman–Crippen MR) is 115 cm³/mol. The number of carbonyl (C=O) groups is 3. The molecule has 1 N–H and O–H groups in total. The molecule has 2 amide bonds. The summed E-state index contributed by atoms with van der Waals surface area (Å²) in [7, 11) is 0. The number of hydrogen-bond acceptors (Lipinski definition) is 4. The lowest BCUT2D eigenvalue weighted by Crippen LogP contribution is -2.57. The van der Waals surface area contributed by atoms with E-state index in [1.165, 1.54) is 0 Å². The Morgan fingerprint density at radius 1 is 1.23 bits per heavy atom. The maximum atomic E-state index is 13.5. The molecule has 164 valence electrons. The molecule has 3 aliphatic heterocycles. The summed E-state index contributed by atoms with van der Waals surface area (Å²) in [4.78, 5) is 41.3. The van der Waals surface area contributed by atoms with Crippen LogP contribution in [-0.4, -0.2) is 41.9 Å². The van der Waals surface area contributed by atoms with Crippen LogP contribution in [0.2, 0.25) is 5.02 Å². The number of halogens is 1. The fourth-order valence-electron chi connectivity index (χ4n) is 7.26. The van der Waals surface area contributed by atoms with Crippen LogP contribution in [0.25, 0.3) is 0 Å². The van der Waals surface area contributed by atoms with E-state index < -0.39 is 22.5 Å². The van der Waals surface area contributed by atoms with E-state index in [0.717, 1.165) is 37.8 Å². The highest BCUT2D eigenvalue weighted by Gasteiger charge is 2.79. The molecule has 1 aromatic carbocycles. The molecule has 3 heterocycles. The van der Waals surface area contributed by atoms with Gasteiger partial charge in [0, 0.05) is 23.3 Å². The number of anilines is 1. The predicted octanol–water partition coefficient (Wildman–Crippen LogP) is 3.26. The number of rotatable bonds is 3. The van der Waals surface area contributed by atoms with Gasteiger partial charge in [-0.1, -0.05) is 24.1 Å². The second-order valence-corrected chi connectivity index (χ2v) is 10.9. The number of hydrogen-bond donors (Lipinski definition) is 1. The van der Waals surface area contributed by atoms with Crippen molar-refractivity contribution in [3.05, 3.63) is 29.3 Å². The molecule has 6 aliphatic rings. The van der Waals surface area contributed by atoms with Gasteiger partial charge in [-0.05, 0) is 69.6 Å². The number of benzene rings is 1. The summed E-state index contributed by atoms with van der Waals surface area (Å²) in [5, 5.41) is 3.83. The number of nitrogens with zero attached hydrogens (tertiary/aromatic N) is 1. The molecule has 6 fully saturated rings. The van der Waals surface area contributed by atoms with Crippen molar-refractivity contribution in [1.82, 2.24) is 5.32 Å². The lowest BCUT2D eigenvalue weighted by Gasteiger charge is -2.39. The maximum Gasteiger partial charge on any atom is 0.253 e. The lowest BCUT2D eigenvalue weighted by atomic mass is 9.70. The van der Waals surface area contributed by atoms with Crippen molar-refractivity contribution in [2.75, 3.05) is 11.4 Å². The highest BCUT2D eigenvalue weighted by atomic mass is 35.5. The fraction of sp³-hybridized carbons (Fsp3) is 0.625. The van der Waals surface area contributed by atoms with Crippen molar-refractivity contribution in [3.63, 3.8) is 0 Å². The van der Waals surface area contributed by atoms with Crippen LogP contribution in [0.5, 0.6) is 0 Å². The summed E-state index contributed by atoms with van der Waals surface area (Å²) in [5.41, 5.74) is -1.30. The molecule has 4 bridgehead atoms. The molecule has 3 saturated carbocycles. The Labute approximate surface area is 186 Å². The third kappa shape index (κ3) is 2.46. The molecule has 6 atom stereocenters. The van der Waals surface area contributed by atoms with Gasteiger partial charge in [-0.15, -0.1) is 0 Å². The summed E-state index contributed by atoms with van der Waals surface area (Å²) in [6.45, 7) is 2.57. The second kappa shape index (κ2) is 6.32. The van der Waals surface area contributed by atoms with Crippen molar-refractivity contribution < 1.29 is 19.1 Å². The largest absolute Gasteiger partial charge is 0.353 e. The fourth-order valence-corrected chi connectivity index (χ4v) is 7.44. The number of ketones is 1. The average molecular weight is 443 g/mol. The van der Waals surface area contributed by atoms with Crippen molar-refractivity contribution in [2.24, 2.45) is 16.7 Å². The van der Waals surface area contributed by atoms with Gasteiger partial charge in [-0.3, -0.25) is 14.4 Å². The van der Waals surface area contributed by atoms with E-state index >= 15 is 0 Å². The van der Waals surface area contributed by atoms with Gasteiger partial charge in [0.25, 0.3) is 5.91 Å². The topological polar surface area (TPSA) is 75.7 Å². The van der Waals surface area contributed by atoms with Crippen molar-refractivity contribution >= 4 is 34.9 Å². The summed E-state index contributed by atoms with van der Waals surface area (Å²) >= 11 is 6.14. The van der Waals surface area contributed by atoms with Gasteiger partial charge in [0.05, 0.1) is 10.8 Å². The third-order valence-electron chi connectivity index (χ3n) is 8.85. The summed E-state index contributed by atoms with van der Waals surface area (Å²) in [6, 6.07) is 7.35. The number of Topliss-reactive ketones (excluding diaryl/α,β-unsaturated/α-hetero) is 1.